The van der Waals surface area contributed by atoms with E-state index in [9.17, 15) is 9.59 Å². The molecule has 0 aromatic heterocycles. The summed E-state index contributed by atoms with van der Waals surface area (Å²) in [6.45, 7) is 0. The summed E-state index contributed by atoms with van der Waals surface area (Å²) >= 11 is 3.33. The number of carbonyl (C=O) groups excluding carboxylic acids is 2. The van der Waals surface area contributed by atoms with Crippen LogP contribution in [-0.4, -0.2) is 17.7 Å². The van der Waals surface area contributed by atoms with Crippen LogP contribution in [0.3, 0.4) is 0 Å². The maximum Gasteiger partial charge on any atom is 0.247 e. The van der Waals surface area contributed by atoms with Crippen molar-refractivity contribution in [1.82, 2.24) is 0 Å². The van der Waals surface area contributed by atoms with Gasteiger partial charge < -0.3 is 10.6 Å². The number of carbonyl (C=O) groups is 2. The molecule has 1 heterocycles. The lowest BCUT2D eigenvalue weighted by molar-refractivity contribution is -0.117. The number of benzene rings is 2. The molecule has 0 saturated heterocycles. The number of amides is 1. The Morgan fingerprint density at radius 3 is 2.43 bits per heavy atom. The molecule has 0 fully saturated rings. The van der Waals surface area contributed by atoms with E-state index in [1.165, 1.54) is 0 Å². The molecule has 1 unspecified atom stereocenters. The van der Waals surface area contributed by atoms with Gasteiger partial charge in [-0.05, 0) is 24.3 Å². The number of ketones is 1. The van der Waals surface area contributed by atoms with Crippen molar-refractivity contribution in [2.75, 3.05) is 10.6 Å². The van der Waals surface area contributed by atoms with Gasteiger partial charge in [-0.25, -0.2) is 0 Å². The molecule has 21 heavy (non-hydrogen) atoms. The number of hydrogen-bond acceptors (Lipinski definition) is 3. The molecule has 1 aliphatic rings. The Kier molecular flexibility index (Phi) is 3.75. The van der Waals surface area contributed by atoms with Crippen LogP contribution in [0.25, 0.3) is 0 Å². The van der Waals surface area contributed by atoms with Crippen LogP contribution in [0, 0.1) is 0 Å². The van der Waals surface area contributed by atoms with E-state index in [4.69, 9.17) is 0 Å². The zero-order valence-corrected chi connectivity index (χ0v) is 12.7. The van der Waals surface area contributed by atoms with Gasteiger partial charge in [0.25, 0.3) is 0 Å². The van der Waals surface area contributed by atoms with Crippen LogP contribution in [0.5, 0.6) is 0 Å². The summed E-state index contributed by atoms with van der Waals surface area (Å²) in [7, 11) is 0. The van der Waals surface area contributed by atoms with Crippen molar-refractivity contribution >= 4 is 39.0 Å². The number of halogens is 1. The third-order valence-electron chi connectivity index (χ3n) is 3.39. The maximum absolute atomic E-state index is 12.2. The van der Waals surface area contributed by atoms with E-state index < -0.39 is 6.04 Å². The molecule has 1 atom stereocenters. The molecule has 2 aromatic carbocycles. The summed E-state index contributed by atoms with van der Waals surface area (Å²) in [6.07, 6.45) is 0.127. The molecular weight excluding hydrogens is 332 g/mol. The van der Waals surface area contributed by atoms with Crippen LogP contribution >= 0.6 is 15.9 Å². The van der Waals surface area contributed by atoms with Crippen LogP contribution in [0.2, 0.25) is 0 Å². The van der Waals surface area contributed by atoms with Gasteiger partial charge in [-0.15, -0.1) is 0 Å². The minimum absolute atomic E-state index is 0.0606. The lowest BCUT2D eigenvalue weighted by Crippen LogP contribution is -2.40. The Balaban J connectivity index is 1.75. The first-order chi connectivity index (χ1) is 10.1. The fraction of sp³-hybridized carbons (Fsp3) is 0.125. The first-order valence-electron chi connectivity index (χ1n) is 6.59. The fourth-order valence-electron chi connectivity index (χ4n) is 2.27. The van der Waals surface area contributed by atoms with Crippen LogP contribution in [0.1, 0.15) is 16.8 Å². The highest BCUT2D eigenvalue weighted by atomic mass is 79.9. The molecule has 106 valence electrons. The lowest BCUT2D eigenvalue weighted by Gasteiger charge is -2.26. The SMILES string of the molecule is O=C(CC1Nc2ccccc2NC1=O)c1ccc(Br)cc1. The summed E-state index contributed by atoms with van der Waals surface area (Å²) in [4.78, 5) is 24.3. The van der Waals surface area contributed by atoms with E-state index in [1.54, 1.807) is 12.1 Å². The molecule has 4 nitrogen and oxygen atoms in total. The van der Waals surface area contributed by atoms with Crippen molar-refractivity contribution in [2.45, 2.75) is 12.5 Å². The van der Waals surface area contributed by atoms with Crippen molar-refractivity contribution in [3.05, 3.63) is 58.6 Å². The predicted molar refractivity (Wildman–Crippen MR) is 85.6 cm³/mol. The third kappa shape index (κ3) is 2.97. The lowest BCUT2D eigenvalue weighted by atomic mass is 10.0. The molecule has 0 spiro atoms. The predicted octanol–water partition coefficient (Wildman–Crippen LogP) is 3.45. The molecule has 0 radical (unpaired) electrons. The molecular formula is C16H13BrN2O2. The summed E-state index contributed by atoms with van der Waals surface area (Å²) in [5, 5.41) is 5.93. The summed E-state index contributed by atoms with van der Waals surface area (Å²) < 4.78 is 0.918. The zero-order chi connectivity index (χ0) is 14.8. The van der Waals surface area contributed by atoms with Crippen molar-refractivity contribution < 1.29 is 9.59 Å². The minimum Gasteiger partial charge on any atom is -0.372 e. The van der Waals surface area contributed by atoms with Gasteiger partial charge in [0.15, 0.2) is 5.78 Å². The monoisotopic (exact) mass is 344 g/mol. The largest absolute Gasteiger partial charge is 0.372 e. The standard InChI is InChI=1S/C16H13BrN2O2/c17-11-7-5-10(6-8-11)15(20)9-14-16(21)19-13-4-2-1-3-12(13)18-14/h1-8,14,18H,9H2,(H,19,21). The Morgan fingerprint density at radius 2 is 1.71 bits per heavy atom. The highest BCUT2D eigenvalue weighted by Crippen LogP contribution is 2.27. The van der Waals surface area contributed by atoms with Crippen molar-refractivity contribution in [3.63, 3.8) is 0 Å². The molecule has 2 aromatic rings. The minimum atomic E-state index is -0.545. The normalized spacial score (nSPS) is 16.6. The Labute approximate surface area is 130 Å². The zero-order valence-electron chi connectivity index (χ0n) is 11.1. The van der Waals surface area contributed by atoms with Gasteiger partial charge in [0.2, 0.25) is 5.91 Å². The Bertz CT molecular complexity index is 698. The van der Waals surface area contributed by atoms with Gasteiger partial charge in [0.05, 0.1) is 11.4 Å². The number of fused-ring (bicyclic) bond motifs is 1. The van der Waals surface area contributed by atoms with E-state index in [2.05, 4.69) is 26.6 Å². The second-order valence-corrected chi connectivity index (χ2v) is 5.78. The van der Waals surface area contributed by atoms with Gasteiger partial charge in [-0.2, -0.15) is 0 Å². The summed E-state index contributed by atoms with van der Waals surface area (Å²) in [5.41, 5.74) is 2.19. The molecule has 1 amide bonds. The fourth-order valence-corrected chi connectivity index (χ4v) is 2.54. The van der Waals surface area contributed by atoms with Crippen molar-refractivity contribution in [2.24, 2.45) is 0 Å². The Hall–Kier alpha value is -2.14. The van der Waals surface area contributed by atoms with E-state index in [-0.39, 0.29) is 18.1 Å². The van der Waals surface area contributed by atoms with Crippen LogP contribution in [0.15, 0.2) is 53.0 Å². The molecule has 3 rings (SSSR count). The van der Waals surface area contributed by atoms with Gasteiger partial charge in [-0.3, -0.25) is 9.59 Å². The van der Waals surface area contributed by atoms with Crippen LogP contribution < -0.4 is 10.6 Å². The van der Waals surface area contributed by atoms with E-state index in [1.807, 2.05) is 36.4 Å². The Morgan fingerprint density at radius 1 is 1.05 bits per heavy atom. The van der Waals surface area contributed by atoms with Gasteiger partial charge in [0, 0.05) is 16.5 Å². The molecule has 0 bridgehead atoms. The van der Waals surface area contributed by atoms with Crippen molar-refractivity contribution in [1.29, 1.82) is 0 Å². The average molecular weight is 345 g/mol. The number of nitrogens with one attached hydrogen (secondary N) is 2. The number of para-hydroxylation sites is 2. The molecule has 1 aliphatic heterocycles. The number of Topliss-reactive ketones (excluding diaryl/α,β-unsaturated/α-hetero) is 1. The number of anilines is 2. The van der Waals surface area contributed by atoms with Crippen LogP contribution in [-0.2, 0) is 4.79 Å². The number of rotatable bonds is 3. The molecule has 0 aliphatic carbocycles. The average Bonchev–Trinajstić information content (AvgIpc) is 2.48. The topological polar surface area (TPSA) is 58.2 Å². The maximum atomic E-state index is 12.2. The molecule has 0 saturated carbocycles. The van der Waals surface area contributed by atoms with Crippen LogP contribution in [0.4, 0.5) is 11.4 Å². The third-order valence-corrected chi connectivity index (χ3v) is 3.92. The summed E-state index contributed by atoms with van der Waals surface area (Å²) in [6, 6.07) is 14.0. The first-order valence-corrected chi connectivity index (χ1v) is 7.38. The molecule has 5 heteroatoms. The van der Waals surface area contributed by atoms with E-state index in [0.29, 0.717) is 5.56 Å². The van der Waals surface area contributed by atoms with E-state index >= 15 is 0 Å². The molecule has 2 N–H and O–H groups in total. The quantitative estimate of drug-likeness (QED) is 0.838. The van der Waals surface area contributed by atoms with Gasteiger partial charge in [0.1, 0.15) is 6.04 Å². The second kappa shape index (κ2) is 5.69. The summed E-state index contributed by atoms with van der Waals surface area (Å²) in [5.74, 6) is -0.242. The first kappa shape index (κ1) is 13.8. The van der Waals surface area contributed by atoms with Gasteiger partial charge >= 0.3 is 0 Å². The smallest absolute Gasteiger partial charge is 0.247 e. The highest BCUT2D eigenvalue weighted by Gasteiger charge is 2.27. The second-order valence-electron chi connectivity index (χ2n) is 4.87. The number of hydrogen-bond donors (Lipinski definition) is 2. The van der Waals surface area contributed by atoms with Crippen molar-refractivity contribution in [3.8, 4) is 0 Å². The van der Waals surface area contributed by atoms with Gasteiger partial charge in [-0.1, -0.05) is 40.2 Å². The van der Waals surface area contributed by atoms with E-state index in [0.717, 1.165) is 15.8 Å². The highest BCUT2D eigenvalue weighted by molar-refractivity contribution is 9.10.